The Kier molecular flexibility index (Phi) is 7.37. The van der Waals surface area contributed by atoms with E-state index in [1.165, 1.54) is 0 Å². The van der Waals surface area contributed by atoms with E-state index in [0.717, 1.165) is 22.3 Å². The van der Waals surface area contributed by atoms with Crippen molar-refractivity contribution in [3.05, 3.63) is 83.9 Å². The molecule has 0 aliphatic carbocycles. The molecule has 26 heavy (non-hydrogen) atoms. The summed E-state index contributed by atoms with van der Waals surface area (Å²) >= 11 is 0. The Hall–Kier alpha value is -3.14. The summed E-state index contributed by atoms with van der Waals surface area (Å²) in [6, 6.07) is 15.1. The minimum atomic E-state index is -0.426. The lowest BCUT2D eigenvalue weighted by Gasteiger charge is -2.07. The molecule has 0 aromatic heterocycles. The van der Waals surface area contributed by atoms with Gasteiger partial charge in [0.2, 0.25) is 0 Å². The van der Waals surface area contributed by atoms with Crippen molar-refractivity contribution in [1.29, 1.82) is 0 Å². The van der Waals surface area contributed by atoms with E-state index in [4.69, 9.17) is 9.47 Å². The van der Waals surface area contributed by atoms with Gasteiger partial charge in [0.15, 0.2) is 0 Å². The summed E-state index contributed by atoms with van der Waals surface area (Å²) in [7, 11) is 0. The average Bonchev–Trinajstić information content (AvgIpc) is 2.69. The zero-order chi connectivity index (χ0) is 18.8. The maximum Gasteiger partial charge on any atom is 0.306 e. The highest BCUT2D eigenvalue weighted by Crippen LogP contribution is 2.09. The highest BCUT2D eigenvalue weighted by atomic mass is 16.5. The van der Waals surface area contributed by atoms with Gasteiger partial charge in [0.25, 0.3) is 0 Å². The van der Waals surface area contributed by atoms with Crippen molar-refractivity contribution in [1.82, 2.24) is 0 Å². The van der Waals surface area contributed by atoms with Crippen LogP contribution in [0.1, 0.15) is 35.1 Å². The second-order valence-corrected chi connectivity index (χ2v) is 5.71. The molecule has 0 fully saturated rings. The topological polar surface area (TPSA) is 52.6 Å². The number of hydrogen-bond acceptors (Lipinski definition) is 4. The third-order valence-corrected chi connectivity index (χ3v) is 3.76. The van der Waals surface area contributed by atoms with Gasteiger partial charge in [-0.25, -0.2) is 0 Å². The molecule has 0 saturated heterocycles. The van der Waals surface area contributed by atoms with Crippen molar-refractivity contribution in [2.24, 2.45) is 0 Å². The van der Waals surface area contributed by atoms with E-state index in [1.807, 2.05) is 48.5 Å². The summed E-state index contributed by atoms with van der Waals surface area (Å²) in [5.41, 5.74) is 3.77. The molecule has 0 radical (unpaired) electrons. The lowest BCUT2D eigenvalue weighted by atomic mass is 10.1. The molecule has 134 valence electrons. The first-order valence-electron chi connectivity index (χ1n) is 8.34. The fraction of sp³-hybridized carbons (Fsp3) is 0.182. The molecular formula is C22H22O4. The van der Waals surface area contributed by atoms with Crippen molar-refractivity contribution in [3.63, 3.8) is 0 Å². The monoisotopic (exact) mass is 350 g/mol. The molecule has 0 amide bonds. The number of ether oxygens (including phenoxy) is 2. The first-order valence-corrected chi connectivity index (χ1v) is 8.34. The van der Waals surface area contributed by atoms with E-state index in [2.05, 4.69) is 13.2 Å². The van der Waals surface area contributed by atoms with Crippen molar-refractivity contribution in [3.8, 4) is 0 Å². The van der Waals surface area contributed by atoms with Crippen molar-refractivity contribution in [2.75, 3.05) is 0 Å². The van der Waals surface area contributed by atoms with E-state index in [0.29, 0.717) is 0 Å². The molecule has 0 spiro atoms. The molecule has 2 aromatic carbocycles. The predicted octanol–water partition coefficient (Wildman–Crippen LogP) is 4.54. The van der Waals surface area contributed by atoms with Gasteiger partial charge in [-0.3, -0.25) is 9.59 Å². The number of carbonyl (C=O) groups is 2. The van der Waals surface area contributed by atoms with E-state index in [1.54, 1.807) is 12.2 Å². The Morgan fingerprint density at radius 2 is 1.04 bits per heavy atom. The van der Waals surface area contributed by atoms with Crippen LogP contribution in [0.3, 0.4) is 0 Å². The van der Waals surface area contributed by atoms with Crippen LogP contribution in [0, 0.1) is 0 Å². The fourth-order valence-electron chi connectivity index (χ4n) is 2.18. The number of hydrogen-bond donors (Lipinski definition) is 0. The van der Waals surface area contributed by atoms with E-state index >= 15 is 0 Å². The zero-order valence-corrected chi connectivity index (χ0v) is 14.6. The summed E-state index contributed by atoms with van der Waals surface area (Å²) in [6.45, 7) is 7.73. The molecule has 2 aromatic rings. The van der Waals surface area contributed by atoms with E-state index in [9.17, 15) is 9.59 Å². The quantitative estimate of drug-likeness (QED) is 0.623. The number of esters is 2. The van der Waals surface area contributed by atoms with Crippen molar-refractivity contribution < 1.29 is 19.1 Å². The summed E-state index contributed by atoms with van der Waals surface area (Å²) in [6.07, 6.45) is 3.49. The molecule has 4 heteroatoms. The van der Waals surface area contributed by atoms with Crippen molar-refractivity contribution >= 4 is 24.1 Å². The summed E-state index contributed by atoms with van der Waals surface area (Å²) in [5, 5.41) is 0. The maximum atomic E-state index is 11.7. The van der Waals surface area contributed by atoms with Gasteiger partial charge >= 0.3 is 11.9 Å². The Morgan fingerprint density at radius 1 is 0.692 bits per heavy atom. The molecule has 4 nitrogen and oxygen atoms in total. The largest absolute Gasteiger partial charge is 0.461 e. The SMILES string of the molecule is C=Cc1ccc(COC(=O)CCC(=O)OCc2ccc(C=C)cc2)cc1. The Balaban J connectivity index is 1.66. The standard InChI is InChI=1S/C22H22O4/c1-3-17-5-9-19(10-6-17)15-25-21(23)13-14-22(24)26-16-20-11-7-18(4-2)8-12-20/h3-12H,1-2,13-16H2. The molecule has 0 N–H and O–H groups in total. The van der Waals surface area contributed by atoms with E-state index < -0.39 is 11.9 Å². The second-order valence-electron chi connectivity index (χ2n) is 5.71. The lowest BCUT2D eigenvalue weighted by Crippen LogP contribution is -2.10. The van der Waals surface area contributed by atoms with Crippen LogP contribution in [0.5, 0.6) is 0 Å². The third-order valence-electron chi connectivity index (χ3n) is 3.76. The van der Waals surface area contributed by atoms with Crippen LogP contribution in [0.25, 0.3) is 12.2 Å². The molecule has 0 aliphatic rings. The molecule has 0 heterocycles. The van der Waals surface area contributed by atoms with Crippen LogP contribution in [-0.4, -0.2) is 11.9 Å². The van der Waals surface area contributed by atoms with Crippen LogP contribution in [-0.2, 0) is 32.3 Å². The highest BCUT2D eigenvalue weighted by molar-refractivity contribution is 5.77. The summed E-state index contributed by atoms with van der Waals surface area (Å²) in [5.74, 6) is -0.852. The minimum absolute atomic E-state index is 0.00102. The first kappa shape index (κ1) is 19.2. The Bertz CT molecular complexity index is 690. The third kappa shape index (κ3) is 6.40. The lowest BCUT2D eigenvalue weighted by molar-refractivity contribution is -0.151. The average molecular weight is 350 g/mol. The predicted molar refractivity (Wildman–Crippen MR) is 102 cm³/mol. The Labute approximate surface area is 153 Å². The summed E-state index contributed by atoms with van der Waals surface area (Å²) in [4.78, 5) is 23.5. The highest BCUT2D eigenvalue weighted by Gasteiger charge is 2.10. The smallest absolute Gasteiger partial charge is 0.306 e. The number of benzene rings is 2. The first-order chi connectivity index (χ1) is 12.6. The Morgan fingerprint density at radius 3 is 1.35 bits per heavy atom. The minimum Gasteiger partial charge on any atom is -0.461 e. The van der Waals surface area contributed by atoms with Gasteiger partial charge in [0, 0.05) is 0 Å². The van der Waals surface area contributed by atoms with Gasteiger partial charge in [-0.05, 0) is 22.3 Å². The van der Waals surface area contributed by atoms with Gasteiger partial charge in [0.05, 0.1) is 12.8 Å². The van der Waals surface area contributed by atoms with Gasteiger partial charge < -0.3 is 9.47 Å². The molecule has 0 saturated carbocycles. The zero-order valence-electron chi connectivity index (χ0n) is 14.6. The summed E-state index contributed by atoms with van der Waals surface area (Å²) < 4.78 is 10.3. The molecule has 0 aliphatic heterocycles. The normalized spacial score (nSPS) is 10.0. The molecule has 2 rings (SSSR count). The van der Waals surface area contributed by atoms with Gasteiger partial charge in [0.1, 0.15) is 13.2 Å². The van der Waals surface area contributed by atoms with Gasteiger partial charge in [-0.1, -0.05) is 73.8 Å². The van der Waals surface area contributed by atoms with E-state index in [-0.39, 0.29) is 26.1 Å². The maximum absolute atomic E-state index is 11.7. The van der Waals surface area contributed by atoms with Crippen LogP contribution in [0.15, 0.2) is 61.7 Å². The van der Waals surface area contributed by atoms with Crippen LogP contribution < -0.4 is 0 Å². The number of carbonyl (C=O) groups excluding carboxylic acids is 2. The molecule has 0 atom stereocenters. The van der Waals surface area contributed by atoms with Gasteiger partial charge in [-0.15, -0.1) is 0 Å². The van der Waals surface area contributed by atoms with Gasteiger partial charge in [-0.2, -0.15) is 0 Å². The second kappa shape index (κ2) is 9.99. The van der Waals surface area contributed by atoms with Crippen LogP contribution in [0.4, 0.5) is 0 Å². The molecule has 0 bridgehead atoms. The van der Waals surface area contributed by atoms with Crippen LogP contribution >= 0.6 is 0 Å². The molecular weight excluding hydrogens is 328 g/mol. The fourth-order valence-corrected chi connectivity index (χ4v) is 2.18. The molecule has 0 unspecified atom stereocenters. The number of rotatable bonds is 9. The van der Waals surface area contributed by atoms with Crippen molar-refractivity contribution in [2.45, 2.75) is 26.1 Å². The van der Waals surface area contributed by atoms with Crippen LogP contribution in [0.2, 0.25) is 0 Å².